The van der Waals surface area contributed by atoms with Crippen LogP contribution in [-0.4, -0.2) is 44.1 Å². The number of anilines is 1. The Bertz CT molecular complexity index is 784. The molecule has 1 aliphatic heterocycles. The second-order valence-electron chi connectivity index (χ2n) is 6.97. The quantitative estimate of drug-likeness (QED) is 0.861. The highest BCUT2D eigenvalue weighted by Crippen LogP contribution is 2.32. The van der Waals surface area contributed by atoms with Crippen molar-refractivity contribution in [2.24, 2.45) is 0 Å². The van der Waals surface area contributed by atoms with E-state index in [1.807, 2.05) is 36.5 Å². The van der Waals surface area contributed by atoms with E-state index in [0.717, 1.165) is 61.1 Å². The highest BCUT2D eigenvalue weighted by molar-refractivity contribution is 5.77. The van der Waals surface area contributed by atoms with Gasteiger partial charge in [0.25, 0.3) is 0 Å². The number of rotatable bonds is 6. The first-order chi connectivity index (χ1) is 12.5. The van der Waals surface area contributed by atoms with E-state index in [0.29, 0.717) is 6.42 Å². The Kier molecular flexibility index (Phi) is 5.54. The van der Waals surface area contributed by atoms with Gasteiger partial charge in [-0.25, -0.2) is 9.97 Å². The first kappa shape index (κ1) is 18.4. The van der Waals surface area contributed by atoms with Crippen molar-refractivity contribution in [1.29, 1.82) is 0 Å². The van der Waals surface area contributed by atoms with Crippen LogP contribution in [0.4, 0.5) is 5.82 Å². The fourth-order valence-electron chi connectivity index (χ4n) is 3.69. The maximum atomic E-state index is 12.8. The molecular formula is C19H28N6O. The molecule has 2 aromatic heterocycles. The van der Waals surface area contributed by atoms with E-state index in [1.165, 1.54) is 0 Å². The molecule has 0 spiro atoms. The van der Waals surface area contributed by atoms with Gasteiger partial charge in [0.05, 0.1) is 17.4 Å². The SMILES string of the molecule is CNc1cc([C@H]2CCCN2C(=O)CCCn2nc(C)cc2C)nc(C)n1. The number of amides is 1. The summed E-state index contributed by atoms with van der Waals surface area (Å²) in [6, 6.07) is 4.08. The smallest absolute Gasteiger partial charge is 0.223 e. The number of nitrogens with zero attached hydrogens (tertiary/aromatic N) is 5. The lowest BCUT2D eigenvalue weighted by Gasteiger charge is -2.25. The number of aromatic nitrogens is 4. The minimum Gasteiger partial charge on any atom is -0.373 e. The van der Waals surface area contributed by atoms with E-state index in [4.69, 9.17) is 0 Å². The number of aryl methyl sites for hydroxylation is 4. The molecule has 0 radical (unpaired) electrons. The second-order valence-corrected chi connectivity index (χ2v) is 6.97. The molecule has 1 fully saturated rings. The molecule has 0 unspecified atom stereocenters. The van der Waals surface area contributed by atoms with Gasteiger partial charge in [-0.3, -0.25) is 9.48 Å². The van der Waals surface area contributed by atoms with Crippen LogP contribution in [0, 0.1) is 20.8 Å². The van der Waals surface area contributed by atoms with Crippen LogP contribution < -0.4 is 5.32 Å². The minimum absolute atomic E-state index is 0.0602. The first-order valence-corrected chi connectivity index (χ1v) is 9.32. The van der Waals surface area contributed by atoms with Crippen molar-refractivity contribution < 1.29 is 4.79 Å². The van der Waals surface area contributed by atoms with Crippen molar-refractivity contribution in [3.8, 4) is 0 Å². The molecule has 26 heavy (non-hydrogen) atoms. The van der Waals surface area contributed by atoms with Gasteiger partial charge in [-0.05, 0) is 46.1 Å². The van der Waals surface area contributed by atoms with Crippen molar-refractivity contribution in [2.75, 3.05) is 18.9 Å². The molecule has 1 saturated heterocycles. The molecule has 140 valence electrons. The van der Waals surface area contributed by atoms with Gasteiger partial charge in [-0.1, -0.05) is 0 Å². The van der Waals surface area contributed by atoms with Crippen LogP contribution in [0.2, 0.25) is 0 Å². The molecule has 2 aromatic rings. The normalized spacial score (nSPS) is 16.9. The molecule has 0 bridgehead atoms. The van der Waals surface area contributed by atoms with Crippen molar-refractivity contribution >= 4 is 11.7 Å². The highest BCUT2D eigenvalue weighted by Gasteiger charge is 2.31. The molecule has 1 amide bonds. The standard InChI is InChI=1S/C19H28N6O/c1-13-11-14(2)25(23-13)10-6-8-19(26)24-9-5-7-17(24)16-12-18(20-4)22-15(3)21-16/h11-12,17H,5-10H2,1-4H3,(H,20,21,22)/t17-/m1/s1. The lowest BCUT2D eigenvalue weighted by atomic mass is 10.1. The molecule has 1 N–H and O–H groups in total. The summed E-state index contributed by atoms with van der Waals surface area (Å²) >= 11 is 0. The summed E-state index contributed by atoms with van der Waals surface area (Å²) in [5.74, 6) is 1.74. The van der Waals surface area contributed by atoms with Crippen molar-refractivity contribution in [3.63, 3.8) is 0 Å². The van der Waals surface area contributed by atoms with Gasteiger partial charge >= 0.3 is 0 Å². The Labute approximate surface area is 154 Å². The van der Waals surface area contributed by atoms with Crippen molar-refractivity contribution in [2.45, 2.75) is 59.0 Å². The molecule has 3 heterocycles. The summed E-state index contributed by atoms with van der Waals surface area (Å²) in [4.78, 5) is 23.7. The molecule has 1 aliphatic rings. The number of carbonyl (C=O) groups excluding carboxylic acids is 1. The number of hydrogen-bond acceptors (Lipinski definition) is 5. The number of likely N-dealkylation sites (tertiary alicyclic amines) is 1. The number of nitrogens with one attached hydrogen (secondary N) is 1. The second kappa shape index (κ2) is 7.85. The molecule has 3 rings (SSSR count). The zero-order chi connectivity index (χ0) is 18.7. The van der Waals surface area contributed by atoms with Crippen LogP contribution in [-0.2, 0) is 11.3 Å². The fourth-order valence-corrected chi connectivity index (χ4v) is 3.69. The van der Waals surface area contributed by atoms with Crippen LogP contribution in [0.15, 0.2) is 12.1 Å². The van der Waals surface area contributed by atoms with Crippen LogP contribution in [0.25, 0.3) is 0 Å². The first-order valence-electron chi connectivity index (χ1n) is 9.32. The Balaban J connectivity index is 1.63. The Morgan fingerprint density at radius 1 is 1.27 bits per heavy atom. The van der Waals surface area contributed by atoms with E-state index < -0.39 is 0 Å². The zero-order valence-electron chi connectivity index (χ0n) is 16.1. The van der Waals surface area contributed by atoms with Crippen molar-refractivity contribution in [3.05, 3.63) is 35.0 Å². The van der Waals surface area contributed by atoms with E-state index in [1.54, 1.807) is 0 Å². The molecule has 1 atom stereocenters. The Hall–Kier alpha value is -2.44. The molecule has 0 aromatic carbocycles. The maximum Gasteiger partial charge on any atom is 0.223 e. The van der Waals surface area contributed by atoms with Crippen LogP contribution in [0.3, 0.4) is 0 Å². The maximum absolute atomic E-state index is 12.8. The largest absolute Gasteiger partial charge is 0.373 e. The number of hydrogen-bond donors (Lipinski definition) is 1. The van der Waals surface area contributed by atoms with Crippen LogP contribution in [0.1, 0.15) is 54.6 Å². The average Bonchev–Trinajstić information content (AvgIpc) is 3.21. The van der Waals surface area contributed by atoms with Gasteiger partial charge in [-0.15, -0.1) is 0 Å². The van der Waals surface area contributed by atoms with Gasteiger partial charge in [0, 0.05) is 38.3 Å². The molecule has 7 nitrogen and oxygen atoms in total. The van der Waals surface area contributed by atoms with Gasteiger partial charge in [0.1, 0.15) is 11.6 Å². The lowest BCUT2D eigenvalue weighted by molar-refractivity contribution is -0.132. The Morgan fingerprint density at radius 3 is 2.77 bits per heavy atom. The minimum atomic E-state index is 0.0602. The van der Waals surface area contributed by atoms with E-state index in [-0.39, 0.29) is 11.9 Å². The summed E-state index contributed by atoms with van der Waals surface area (Å²) < 4.78 is 1.98. The molecule has 7 heteroatoms. The third-order valence-electron chi connectivity index (χ3n) is 4.89. The van der Waals surface area contributed by atoms with E-state index in [2.05, 4.69) is 33.4 Å². The van der Waals surface area contributed by atoms with Crippen LogP contribution >= 0.6 is 0 Å². The van der Waals surface area contributed by atoms with Gasteiger partial charge in [0.15, 0.2) is 0 Å². The fraction of sp³-hybridized carbons (Fsp3) is 0.579. The van der Waals surface area contributed by atoms with Gasteiger partial charge in [-0.2, -0.15) is 5.10 Å². The molecule has 0 saturated carbocycles. The predicted molar refractivity (Wildman–Crippen MR) is 101 cm³/mol. The third-order valence-corrected chi connectivity index (χ3v) is 4.89. The average molecular weight is 356 g/mol. The monoisotopic (exact) mass is 356 g/mol. The summed E-state index contributed by atoms with van der Waals surface area (Å²) in [6.07, 6.45) is 3.32. The summed E-state index contributed by atoms with van der Waals surface area (Å²) in [7, 11) is 1.85. The Morgan fingerprint density at radius 2 is 2.08 bits per heavy atom. The summed E-state index contributed by atoms with van der Waals surface area (Å²) in [5.41, 5.74) is 3.10. The topological polar surface area (TPSA) is 75.9 Å². The summed E-state index contributed by atoms with van der Waals surface area (Å²) in [6.45, 7) is 7.52. The molecule has 0 aliphatic carbocycles. The summed E-state index contributed by atoms with van der Waals surface area (Å²) in [5, 5.41) is 7.53. The van der Waals surface area contributed by atoms with Crippen molar-refractivity contribution in [1.82, 2.24) is 24.6 Å². The number of carbonyl (C=O) groups is 1. The lowest BCUT2D eigenvalue weighted by Crippen LogP contribution is -2.31. The third kappa shape index (κ3) is 4.03. The zero-order valence-corrected chi connectivity index (χ0v) is 16.1. The van der Waals surface area contributed by atoms with Crippen LogP contribution in [0.5, 0.6) is 0 Å². The predicted octanol–water partition coefficient (Wildman–Crippen LogP) is 2.78. The van der Waals surface area contributed by atoms with E-state index >= 15 is 0 Å². The van der Waals surface area contributed by atoms with E-state index in [9.17, 15) is 4.79 Å². The molecular weight excluding hydrogens is 328 g/mol. The highest BCUT2D eigenvalue weighted by atomic mass is 16.2. The van der Waals surface area contributed by atoms with Gasteiger partial charge in [0.2, 0.25) is 5.91 Å². The van der Waals surface area contributed by atoms with Gasteiger partial charge < -0.3 is 10.2 Å².